The molecule has 26 heavy (non-hydrogen) atoms. The molecule has 1 aromatic heterocycles. The number of aliphatic imine (C=N–C) groups is 1. The van der Waals surface area contributed by atoms with Gasteiger partial charge in [0.05, 0.1) is 23.2 Å². The maximum Gasteiger partial charge on any atom is 0.303 e. The Hall–Kier alpha value is -2.96. The highest BCUT2D eigenvalue weighted by Crippen LogP contribution is 2.12. The van der Waals surface area contributed by atoms with Crippen LogP contribution in [-0.4, -0.2) is 40.0 Å². The quantitative estimate of drug-likeness (QED) is 0.736. The SMILES string of the molecule is O=C(O)CCc1nc2ccc(C=CCNC3=NCCCC3)cc2c(=O)[nH]1. The van der Waals surface area contributed by atoms with Crippen molar-refractivity contribution in [1.82, 2.24) is 15.3 Å². The second-order valence-corrected chi connectivity index (χ2v) is 6.25. The van der Waals surface area contributed by atoms with E-state index in [0.717, 1.165) is 24.4 Å². The summed E-state index contributed by atoms with van der Waals surface area (Å²) < 4.78 is 0. The van der Waals surface area contributed by atoms with Crippen molar-refractivity contribution in [3.63, 3.8) is 0 Å². The number of fused-ring (bicyclic) bond motifs is 1. The summed E-state index contributed by atoms with van der Waals surface area (Å²) in [6, 6.07) is 5.47. The lowest BCUT2D eigenvalue weighted by Crippen LogP contribution is -2.25. The van der Waals surface area contributed by atoms with Gasteiger partial charge in [-0.3, -0.25) is 14.6 Å². The van der Waals surface area contributed by atoms with Gasteiger partial charge in [0.2, 0.25) is 0 Å². The van der Waals surface area contributed by atoms with Crippen molar-refractivity contribution in [3.8, 4) is 0 Å². The van der Waals surface area contributed by atoms with E-state index in [1.165, 1.54) is 12.8 Å². The molecule has 7 nitrogen and oxygen atoms in total. The lowest BCUT2D eigenvalue weighted by Gasteiger charge is -2.12. The van der Waals surface area contributed by atoms with E-state index < -0.39 is 5.97 Å². The van der Waals surface area contributed by atoms with Crippen LogP contribution in [0.25, 0.3) is 17.0 Å². The van der Waals surface area contributed by atoms with E-state index in [0.29, 0.717) is 23.3 Å². The summed E-state index contributed by atoms with van der Waals surface area (Å²) in [5.74, 6) is 0.542. The highest BCUT2D eigenvalue weighted by molar-refractivity contribution is 5.83. The van der Waals surface area contributed by atoms with Crippen molar-refractivity contribution in [2.45, 2.75) is 32.1 Å². The van der Waals surface area contributed by atoms with Crippen LogP contribution in [0.15, 0.2) is 34.1 Å². The topological polar surface area (TPSA) is 107 Å². The molecule has 3 N–H and O–H groups in total. The number of carboxylic acids is 1. The number of rotatable bonds is 6. The number of nitrogens with one attached hydrogen (secondary N) is 2. The number of hydrogen-bond acceptors (Lipinski definition) is 5. The van der Waals surface area contributed by atoms with E-state index in [4.69, 9.17) is 5.11 Å². The molecule has 0 saturated carbocycles. The first-order valence-corrected chi connectivity index (χ1v) is 8.80. The molecule has 1 aliphatic rings. The average Bonchev–Trinajstić information content (AvgIpc) is 2.65. The van der Waals surface area contributed by atoms with E-state index in [-0.39, 0.29) is 18.4 Å². The first kappa shape index (κ1) is 17.8. The fourth-order valence-electron chi connectivity index (χ4n) is 2.87. The zero-order chi connectivity index (χ0) is 18.4. The van der Waals surface area contributed by atoms with Crippen LogP contribution in [0, 0.1) is 0 Å². The van der Waals surface area contributed by atoms with Gasteiger partial charge in [-0.15, -0.1) is 0 Å². The lowest BCUT2D eigenvalue weighted by molar-refractivity contribution is -0.137. The second-order valence-electron chi connectivity index (χ2n) is 6.25. The third kappa shape index (κ3) is 4.78. The zero-order valence-electron chi connectivity index (χ0n) is 14.5. The molecule has 1 aromatic carbocycles. The maximum absolute atomic E-state index is 12.2. The molecule has 0 radical (unpaired) electrons. The third-order valence-corrected chi connectivity index (χ3v) is 4.21. The summed E-state index contributed by atoms with van der Waals surface area (Å²) in [6.45, 7) is 1.60. The first-order valence-electron chi connectivity index (χ1n) is 8.80. The molecule has 1 aliphatic heterocycles. The molecule has 2 heterocycles. The smallest absolute Gasteiger partial charge is 0.303 e. The van der Waals surface area contributed by atoms with Crippen molar-refractivity contribution in [1.29, 1.82) is 0 Å². The number of nitrogens with zero attached hydrogens (tertiary/aromatic N) is 2. The summed E-state index contributed by atoms with van der Waals surface area (Å²) in [4.78, 5) is 34.3. The number of amidine groups is 1. The molecule has 0 saturated heterocycles. The van der Waals surface area contributed by atoms with Gasteiger partial charge in [0.25, 0.3) is 5.56 Å². The van der Waals surface area contributed by atoms with Crippen LogP contribution in [-0.2, 0) is 11.2 Å². The highest BCUT2D eigenvalue weighted by Gasteiger charge is 2.06. The van der Waals surface area contributed by atoms with Crippen LogP contribution < -0.4 is 10.9 Å². The molecule has 0 atom stereocenters. The van der Waals surface area contributed by atoms with Gasteiger partial charge < -0.3 is 15.4 Å². The minimum absolute atomic E-state index is 0.0619. The number of carbonyl (C=O) groups is 1. The molecule has 136 valence electrons. The van der Waals surface area contributed by atoms with E-state index in [9.17, 15) is 9.59 Å². The lowest BCUT2D eigenvalue weighted by atomic mass is 10.1. The van der Waals surface area contributed by atoms with Gasteiger partial charge in [-0.2, -0.15) is 0 Å². The van der Waals surface area contributed by atoms with E-state index in [1.54, 1.807) is 12.1 Å². The number of carboxylic acid groups (broad SMARTS) is 1. The van der Waals surface area contributed by atoms with Crippen molar-refractivity contribution in [2.24, 2.45) is 4.99 Å². The number of benzene rings is 1. The fraction of sp³-hybridized carbons (Fsp3) is 0.368. The normalized spacial score (nSPS) is 14.5. The molecule has 0 bridgehead atoms. The third-order valence-electron chi connectivity index (χ3n) is 4.21. The molecular formula is C19H22N4O3. The van der Waals surface area contributed by atoms with Crippen LogP contribution in [0.5, 0.6) is 0 Å². The van der Waals surface area contributed by atoms with Gasteiger partial charge in [-0.1, -0.05) is 18.2 Å². The average molecular weight is 354 g/mol. The minimum Gasteiger partial charge on any atom is -0.481 e. The van der Waals surface area contributed by atoms with Gasteiger partial charge in [-0.05, 0) is 30.5 Å². The largest absolute Gasteiger partial charge is 0.481 e. The molecule has 3 rings (SSSR count). The summed E-state index contributed by atoms with van der Waals surface area (Å²) >= 11 is 0. The molecule has 0 unspecified atom stereocenters. The molecule has 0 amide bonds. The molecule has 7 heteroatoms. The molecular weight excluding hydrogens is 332 g/mol. The molecule has 0 fully saturated rings. The maximum atomic E-state index is 12.2. The van der Waals surface area contributed by atoms with Gasteiger partial charge >= 0.3 is 5.97 Å². The van der Waals surface area contributed by atoms with Gasteiger partial charge in [-0.25, -0.2) is 4.98 Å². The summed E-state index contributed by atoms with van der Waals surface area (Å²) in [5, 5.41) is 12.5. The number of aromatic nitrogens is 2. The van der Waals surface area contributed by atoms with Crippen LogP contribution in [0.1, 0.15) is 37.1 Å². The predicted octanol–water partition coefficient (Wildman–Crippen LogP) is 2.13. The standard InChI is InChI=1S/C19H22N4O3/c24-18(25)9-8-17-22-15-7-6-13(12-14(15)19(26)23-17)4-3-11-21-16-5-1-2-10-20-16/h3-4,6-7,12H,1-2,5,8-11H2,(H,20,21)(H,24,25)(H,22,23,26). The van der Waals surface area contributed by atoms with Crippen molar-refractivity contribution < 1.29 is 9.90 Å². The second kappa shape index (κ2) is 8.42. The highest BCUT2D eigenvalue weighted by atomic mass is 16.4. The Bertz CT molecular complexity index is 915. The minimum atomic E-state index is -0.916. The Kier molecular flexibility index (Phi) is 5.78. The van der Waals surface area contributed by atoms with Gasteiger partial charge in [0, 0.05) is 25.9 Å². The molecule has 0 spiro atoms. The van der Waals surface area contributed by atoms with Crippen LogP contribution in [0.3, 0.4) is 0 Å². The summed E-state index contributed by atoms with van der Waals surface area (Å²) in [5.41, 5.74) is 1.23. The monoisotopic (exact) mass is 354 g/mol. The van der Waals surface area contributed by atoms with Gasteiger partial charge in [0.1, 0.15) is 5.82 Å². The van der Waals surface area contributed by atoms with Crippen molar-refractivity contribution >= 4 is 28.8 Å². The van der Waals surface area contributed by atoms with E-state index in [2.05, 4.69) is 20.3 Å². The zero-order valence-corrected chi connectivity index (χ0v) is 14.5. The van der Waals surface area contributed by atoms with Crippen LogP contribution in [0.2, 0.25) is 0 Å². The number of aromatic amines is 1. The van der Waals surface area contributed by atoms with Crippen LogP contribution >= 0.6 is 0 Å². The first-order chi connectivity index (χ1) is 12.6. The van der Waals surface area contributed by atoms with E-state index in [1.807, 2.05) is 18.2 Å². The van der Waals surface area contributed by atoms with E-state index >= 15 is 0 Å². The van der Waals surface area contributed by atoms with Crippen molar-refractivity contribution in [3.05, 3.63) is 46.0 Å². The van der Waals surface area contributed by atoms with Crippen molar-refractivity contribution in [2.75, 3.05) is 13.1 Å². The summed E-state index contributed by atoms with van der Waals surface area (Å²) in [6.07, 6.45) is 7.46. The number of hydrogen-bond donors (Lipinski definition) is 3. The number of aryl methyl sites for hydroxylation is 1. The van der Waals surface area contributed by atoms with Crippen LogP contribution in [0.4, 0.5) is 0 Å². The number of H-pyrrole nitrogens is 1. The van der Waals surface area contributed by atoms with Gasteiger partial charge in [0.15, 0.2) is 0 Å². The summed E-state index contributed by atoms with van der Waals surface area (Å²) in [7, 11) is 0. The number of aliphatic carboxylic acids is 1. The Morgan fingerprint density at radius 3 is 3.00 bits per heavy atom. The molecule has 0 aliphatic carbocycles. The Labute approximate surface area is 150 Å². The predicted molar refractivity (Wildman–Crippen MR) is 102 cm³/mol. The fourth-order valence-corrected chi connectivity index (χ4v) is 2.87. The molecule has 2 aromatic rings. The Morgan fingerprint density at radius 1 is 1.35 bits per heavy atom. The Morgan fingerprint density at radius 2 is 2.23 bits per heavy atom. The Balaban J connectivity index is 1.68.